The van der Waals surface area contributed by atoms with Crippen molar-refractivity contribution in [3.8, 4) is 0 Å². The Balaban J connectivity index is 1.55. The number of hydrogen-bond donors (Lipinski definition) is 2. The molecule has 6 atom stereocenters. The fourth-order valence-electron chi connectivity index (χ4n) is 6.28. The van der Waals surface area contributed by atoms with Gasteiger partial charge in [0.15, 0.2) is 5.13 Å². The maximum Gasteiger partial charge on any atom is 0.257 e. The number of aliphatic hydroxyl groups is 1. The quantitative estimate of drug-likeness (QED) is 0.636. The number of rotatable bonds is 6. The van der Waals surface area contributed by atoms with Crippen molar-refractivity contribution in [3.63, 3.8) is 0 Å². The van der Waals surface area contributed by atoms with Crippen molar-refractivity contribution in [2.24, 2.45) is 23.2 Å². The first kappa shape index (κ1) is 24.8. The molecule has 1 saturated carbocycles. The lowest BCUT2D eigenvalue weighted by Gasteiger charge is -2.53. The van der Waals surface area contributed by atoms with Crippen molar-refractivity contribution in [2.45, 2.75) is 65.9 Å². The molecule has 2 aromatic heterocycles. The van der Waals surface area contributed by atoms with E-state index in [0.717, 1.165) is 25.0 Å². The number of fused-ring (bicyclic) bond motifs is 2. The van der Waals surface area contributed by atoms with E-state index in [-0.39, 0.29) is 40.9 Å². The van der Waals surface area contributed by atoms with Gasteiger partial charge in [0.25, 0.3) is 5.91 Å². The normalized spacial score (nSPS) is 29.0. The molecule has 0 spiro atoms. The van der Waals surface area contributed by atoms with E-state index >= 15 is 0 Å². The second kappa shape index (κ2) is 9.74. The number of aromatic nitrogens is 2. The van der Waals surface area contributed by atoms with Crippen molar-refractivity contribution in [1.82, 2.24) is 14.9 Å². The van der Waals surface area contributed by atoms with Crippen LogP contribution >= 0.6 is 11.3 Å². The Morgan fingerprint density at radius 2 is 1.97 bits per heavy atom. The highest BCUT2D eigenvalue weighted by Crippen LogP contribution is 2.57. The van der Waals surface area contributed by atoms with Crippen LogP contribution in [0.3, 0.4) is 0 Å². The number of amides is 2. The van der Waals surface area contributed by atoms with E-state index < -0.39 is 6.10 Å². The van der Waals surface area contributed by atoms with Crippen LogP contribution in [0.2, 0.25) is 0 Å². The van der Waals surface area contributed by atoms with Gasteiger partial charge in [0.1, 0.15) is 0 Å². The molecular weight excluding hydrogens is 448 g/mol. The monoisotopic (exact) mass is 484 g/mol. The number of carbonyl (C=O) groups excluding carboxylic acids is 2. The summed E-state index contributed by atoms with van der Waals surface area (Å²) in [6, 6.07) is 3.36. The number of hydrogen-bond acceptors (Lipinski definition) is 6. The molecule has 0 aromatic carbocycles. The van der Waals surface area contributed by atoms with Crippen molar-refractivity contribution in [3.05, 3.63) is 40.7 Å². The number of anilines is 1. The van der Waals surface area contributed by atoms with Crippen molar-refractivity contribution >= 4 is 28.3 Å². The standard InChI is InChI=1S/C26H36N4O3S/c1-6-30(7-2)24(33)15(3)18-8-11-26(5)14-19-21(16(4)20(26)22(18)31)28-25(34-19)29-23(32)17-9-12-27-13-10-17/h9-10,12-13,15-16,18,20,22,31H,6-8,11,14H2,1-5H3,(H,28,29,32). The van der Waals surface area contributed by atoms with Gasteiger partial charge in [0, 0.05) is 47.8 Å². The average molecular weight is 485 g/mol. The minimum Gasteiger partial charge on any atom is -0.392 e. The Hall–Kier alpha value is -2.32. The van der Waals surface area contributed by atoms with E-state index in [4.69, 9.17) is 4.98 Å². The first-order chi connectivity index (χ1) is 16.2. The van der Waals surface area contributed by atoms with Gasteiger partial charge < -0.3 is 10.0 Å². The summed E-state index contributed by atoms with van der Waals surface area (Å²) in [6.07, 6.45) is 5.28. The van der Waals surface area contributed by atoms with Crippen LogP contribution in [0.15, 0.2) is 24.5 Å². The second-order valence-electron chi connectivity index (χ2n) is 10.2. The molecule has 0 saturated heterocycles. The molecule has 4 rings (SSSR count). The van der Waals surface area contributed by atoms with Gasteiger partial charge in [-0.25, -0.2) is 4.98 Å². The lowest BCUT2D eigenvalue weighted by atomic mass is 9.53. The second-order valence-corrected chi connectivity index (χ2v) is 11.2. The van der Waals surface area contributed by atoms with Crippen molar-refractivity contribution < 1.29 is 14.7 Å². The first-order valence-electron chi connectivity index (χ1n) is 12.4. The first-order valence-corrected chi connectivity index (χ1v) is 13.2. The molecule has 8 heteroatoms. The minimum absolute atomic E-state index is 0.0246. The molecule has 2 aliphatic rings. The lowest BCUT2D eigenvalue weighted by molar-refractivity contribution is -0.144. The zero-order valence-corrected chi connectivity index (χ0v) is 21.6. The predicted molar refractivity (Wildman–Crippen MR) is 134 cm³/mol. The fraction of sp³-hybridized carbons (Fsp3) is 0.615. The van der Waals surface area contributed by atoms with Crippen LogP contribution in [0.1, 0.15) is 74.3 Å². The Bertz CT molecular complexity index is 1040. The summed E-state index contributed by atoms with van der Waals surface area (Å²) in [5.41, 5.74) is 1.46. The zero-order valence-electron chi connectivity index (χ0n) is 20.7. The molecule has 34 heavy (non-hydrogen) atoms. The predicted octanol–water partition coefficient (Wildman–Crippen LogP) is 4.35. The maximum atomic E-state index is 13.1. The Morgan fingerprint density at radius 1 is 1.29 bits per heavy atom. The lowest BCUT2D eigenvalue weighted by Crippen LogP contribution is -2.53. The number of thiazole rings is 1. The molecule has 0 bridgehead atoms. The molecule has 6 unspecified atom stereocenters. The Kier molecular flexibility index (Phi) is 7.10. The van der Waals surface area contributed by atoms with Gasteiger partial charge in [0.2, 0.25) is 5.91 Å². The molecule has 0 radical (unpaired) electrons. The summed E-state index contributed by atoms with van der Waals surface area (Å²) < 4.78 is 0. The summed E-state index contributed by atoms with van der Waals surface area (Å²) in [7, 11) is 0. The van der Waals surface area contributed by atoms with Crippen LogP contribution in [0.25, 0.3) is 0 Å². The van der Waals surface area contributed by atoms with Gasteiger partial charge in [-0.3, -0.25) is 19.9 Å². The third-order valence-corrected chi connectivity index (χ3v) is 9.18. The van der Waals surface area contributed by atoms with Gasteiger partial charge >= 0.3 is 0 Å². The van der Waals surface area contributed by atoms with E-state index in [1.165, 1.54) is 16.2 Å². The van der Waals surface area contributed by atoms with Gasteiger partial charge in [0.05, 0.1) is 11.8 Å². The summed E-state index contributed by atoms with van der Waals surface area (Å²) in [5.74, 6) is -0.259. The Labute approximate surface area is 206 Å². The van der Waals surface area contributed by atoms with Gasteiger partial charge in [-0.2, -0.15) is 0 Å². The van der Waals surface area contributed by atoms with Crippen LogP contribution in [-0.4, -0.2) is 51.0 Å². The SMILES string of the molecule is CCN(CC)C(=O)C(C)C1CCC2(C)Cc3sc(NC(=O)c4ccncc4)nc3C(C)C2C1O. The summed E-state index contributed by atoms with van der Waals surface area (Å²) >= 11 is 1.54. The van der Waals surface area contributed by atoms with Crippen LogP contribution in [-0.2, 0) is 11.2 Å². The molecule has 2 aromatic rings. The molecule has 7 nitrogen and oxygen atoms in total. The third-order valence-electron chi connectivity index (χ3n) is 8.19. The van der Waals surface area contributed by atoms with E-state index in [2.05, 4.69) is 24.1 Å². The Morgan fingerprint density at radius 3 is 2.62 bits per heavy atom. The van der Waals surface area contributed by atoms with E-state index in [0.29, 0.717) is 23.8 Å². The third kappa shape index (κ3) is 4.38. The highest BCUT2D eigenvalue weighted by atomic mass is 32.1. The molecule has 2 heterocycles. The number of pyridine rings is 1. The number of carbonyl (C=O) groups is 2. The van der Waals surface area contributed by atoms with Crippen LogP contribution in [0, 0.1) is 23.2 Å². The molecule has 2 N–H and O–H groups in total. The van der Waals surface area contributed by atoms with Crippen LogP contribution in [0.5, 0.6) is 0 Å². The molecule has 2 aliphatic carbocycles. The molecule has 2 amide bonds. The van der Waals surface area contributed by atoms with Gasteiger partial charge in [-0.15, -0.1) is 11.3 Å². The van der Waals surface area contributed by atoms with Crippen LogP contribution in [0.4, 0.5) is 5.13 Å². The molecular formula is C26H36N4O3S. The number of aliphatic hydroxyl groups excluding tert-OH is 1. The average Bonchev–Trinajstić information content (AvgIpc) is 3.21. The smallest absolute Gasteiger partial charge is 0.257 e. The highest BCUT2D eigenvalue weighted by Gasteiger charge is 2.54. The van der Waals surface area contributed by atoms with Crippen molar-refractivity contribution in [2.75, 3.05) is 18.4 Å². The number of nitrogens with zero attached hydrogens (tertiary/aromatic N) is 3. The largest absolute Gasteiger partial charge is 0.392 e. The summed E-state index contributed by atoms with van der Waals surface area (Å²) in [6.45, 7) is 11.8. The van der Waals surface area contributed by atoms with E-state index in [1.54, 1.807) is 24.5 Å². The van der Waals surface area contributed by atoms with Crippen LogP contribution < -0.4 is 5.32 Å². The zero-order chi connectivity index (χ0) is 24.6. The maximum absolute atomic E-state index is 13.1. The van der Waals surface area contributed by atoms with Gasteiger partial charge in [-0.05, 0) is 62.5 Å². The van der Waals surface area contributed by atoms with E-state index in [1.807, 2.05) is 25.7 Å². The minimum atomic E-state index is -0.562. The highest BCUT2D eigenvalue weighted by molar-refractivity contribution is 7.15. The fourth-order valence-corrected chi connectivity index (χ4v) is 7.54. The number of nitrogens with one attached hydrogen (secondary N) is 1. The summed E-state index contributed by atoms with van der Waals surface area (Å²) in [5, 5.41) is 15.1. The van der Waals surface area contributed by atoms with Crippen molar-refractivity contribution in [1.29, 1.82) is 0 Å². The molecule has 184 valence electrons. The molecule has 0 aliphatic heterocycles. The topological polar surface area (TPSA) is 95.4 Å². The summed E-state index contributed by atoms with van der Waals surface area (Å²) in [4.78, 5) is 37.5. The molecule has 1 fully saturated rings. The van der Waals surface area contributed by atoms with E-state index in [9.17, 15) is 14.7 Å². The van der Waals surface area contributed by atoms with Gasteiger partial charge in [-0.1, -0.05) is 20.8 Å².